The topological polar surface area (TPSA) is 0 Å². The Balaban J connectivity index is -0.00000000267. The van der Waals surface area contributed by atoms with Crippen molar-refractivity contribution in [2.24, 2.45) is 0 Å². The summed E-state index contributed by atoms with van der Waals surface area (Å²) in [6, 6.07) is 0. The largest absolute Gasteiger partial charge is 0.106 e. The summed E-state index contributed by atoms with van der Waals surface area (Å²) in [5.41, 5.74) is 0. The van der Waals surface area contributed by atoms with Crippen LogP contribution in [0.1, 0.15) is 14.9 Å². The molecule has 0 rings (SSSR count). The third-order valence-corrected chi connectivity index (χ3v) is 0. The van der Waals surface area contributed by atoms with Crippen LogP contribution in [-0.4, -0.2) is 0 Å². The van der Waals surface area contributed by atoms with Crippen LogP contribution in [-0.2, 0) is 32.7 Å². The fourth-order valence-electron chi connectivity index (χ4n) is 0. The van der Waals surface area contributed by atoms with Crippen molar-refractivity contribution in [2.75, 3.05) is 0 Å². The third kappa shape index (κ3) is 406. The van der Waals surface area contributed by atoms with Crippen LogP contribution in [0.5, 0.6) is 0 Å². The molecule has 0 atom stereocenters. The molecule has 7 heavy (non-hydrogen) atoms. The van der Waals surface area contributed by atoms with Crippen LogP contribution in [0.4, 0.5) is 0 Å². The van der Waals surface area contributed by atoms with Gasteiger partial charge in [-0.1, -0.05) is 14.9 Å². The molecule has 1 heteroatoms. The molecule has 43 valence electrons. The van der Waals surface area contributed by atoms with Gasteiger partial charge in [0, 0.05) is 32.7 Å². The van der Waals surface area contributed by atoms with Crippen molar-refractivity contribution in [3.8, 4) is 0 Å². The standard InChI is InChI=1S/2C2H4.2CH4.Y/c2*1-2;;;/h2*1-2H2;2*1H4;. The van der Waals surface area contributed by atoms with E-state index in [9.17, 15) is 0 Å². The normalized spacial score (nSPS) is 1.14. The zero-order valence-electron chi connectivity index (χ0n) is 3.41. The maximum absolute atomic E-state index is 3.00. The molecule has 1 radical (unpaired) electrons. The first kappa shape index (κ1) is 49.2. The quantitative estimate of drug-likeness (QED) is 0.499. The molecule has 0 nitrogen and oxygen atoms in total. The first-order valence-electron chi connectivity index (χ1n) is 1.000. The Hall–Kier alpha value is 0.584. The first-order valence-corrected chi connectivity index (χ1v) is 1.000. The van der Waals surface area contributed by atoms with Crippen LogP contribution in [0, 0.1) is 0 Å². The predicted octanol–water partition coefficient (Wildman–Crippen LogP) is 2.87. The summed E-state index contributed by atoms with van der Waals surface area (Å²) in [4.78, 5) is 0. The van der Waals surface area contributed by atoms with Gasteiger partial charge in [0.1, 0.15) is 0 Å². The van der Waals surface area contributed by atoms with E-state index in [4.69, 9.17) is 0 Å². The predicted molar refractivity (Wildman–Crippen MR) is 36.0 cm³/mol. The Morgan fingerprint density at radius 2 is 0.571 bits per heavy atom. The van der Waals surface area contributed by atoms with Crippen molar-refractivity contribution >= 4 is 0 Å². The molecule has 0 aliphatic rings. The zero-order valence-corrected chi connectivity index (χ0v) is 6.24. The van der Waals surface area contributed by atoms with E-state index < -0.39 is 0 Å². The van der Waals surface area contributed by atoms with Gasteiger partial charge >= 0.3 is 0 Å². The third-order valence-electron chi connectivity index (χ3n) is 0. The summed E-state index contributed by atoms with van der Waals surface area (Å²) in [7, 11) is 0. The van der Waals surface area contributed by atoms with E-state index in [0.717, 1.165) is 0 Å². The Morgan fingerprint density at radius 1 is 0.571 bits per heavy atom. The molecular weight excluding hydrogens is 161 g/mol. The second-order valence-corrected chi connectivity index (χ2v) is 0. The molecule has 0 unspecified atom stereocenters. The monoisotopic (exact) mass is 177 g/mol. The Morgan fingerprint density at radius 3 is 0.571 bits per heavy atom. The van der Waals surface area contributed by atoms with Crippen molar-refractivity contribution in [3.63, 3.8) is 0 Å². The number of hydrogen-bond donors (Lipinski definition) is 0. The molecule has 0 N–H and O–H groups in total. The summed E-state index contributed by atoms with van der Waals surface area (Å²) >= 11 is 0. The molecule has 0 aromatic rings. The van der Waals surface area contributed by atoms with Gasteiger partial charge in [-0.15, -0.1) is 26.3 Å². The maximum atomic E-state index is 3.00. The van der Waals surface area contributed by atoms with Crippen LogP contribution in [0.3, 0.4) is 0 Å². The van der Waals surface area contributed by atoms with Gasteiger partial charge in [-0.05, 0) is 0 Å². The van der Waals surface area contributed by atoms with Crippen LogP contribution < -0.4 is 0 Å². The van der Waals surface area contributed by atoms with Gasteiger partial charge in [0.25, 0.3) is 0 Å². The van der Waals surface area contributed by atoms with E-state index in [1.807, 2.05) is 0 Å². The van der Waals surface area contributed by atoms with Crippen molar-refractivity contribution in [1.29, 1.82) is 0 Å². The molecule has 0 aliphatic carbocycles. The molecule has 0 amide bonds. The van der Waals surface area contributed by atoms with Crippen molar-refractivity contribution < 1.29 is 32.7 Å². The van der Waals surface area contributed by atoms with E-state index >= 15 is 0 Å². The molecule has 0 spiro atoms. The van der Waals surface area contributed by atoms with E-state index in [0.29, 0.717) is 0 Å². The fraction of sp³-hybridized carbons (Fsp3) is 0.333. The summed E-state index contributed by atoms with van der Waals surface area (Å²) in [6.45, 7) is 12.0. The minimum atomic E-state index is 0. The van der Waals surface area contributed by atoms with E-state index in [1.54, 1.807) is 0 Å². The molecule has 0 fully saturated rings. The fourth-order valence-corrected chi connectivity index (χ4v) is 0. The van der Waals surface area contributed by atoms with Crippen molar-refractivity contribution in [2.45, 2.75) is 14.9 Å². The minimum absolute atomic E-state index is 0. The van der Waals surface area contributed by atoms with Gasteiger partial charge in [0.2, 0.25) is 0 Å². The van der Waals surface area contributed by atoms with Gasteiger partial charge in [-0.3, -0.25) is 0 Å². The van der Waals surface area contributed by atoms with Crippen LogP contribution in [0.2, 0.25) is 0 Å². The molecule has 0 aromatic carbocycles. The van der Waals surface area contributed by atoms with E-state index in [1.165, 1.54) is 0 Å². The average molecular weight is 177 g/mol. The Bertz CT molecular complexity index is 6.14. The molecule has 0 saturated heterocycles. The van der Waals surface area contributed by atoms with E-state index in [2.05, 4.69) is 26.3 Å². The summed E-state index contributed by atoms with van der Waals surface area (Å²) < 4.78 is 0. The van der Waals surface area contributed by atoms with Gasteiger partial charge in [0.15, 0.2) is 0 Å². The summed E-state index contributed by atoms with van der Waals surface area (Å²) in [5.74, 6) is 0. The van der Waals surface area contributed by atoms with E-state index in [-0.39, 0.29) is 47.6 Å². The smallest absolute Gasteiger partial charge is 0 e. The second kappa shape index (κ2) is 602. The van der Waals surface area contributed by atoms with Crippen molar-refractivity contribution in [3.05, 3.63) is 26.3 Å². The Kier molecular flexibility index (Phi) is 4240. The molecule has 0 saturated carbocycles. The molecule has 0 heterocycles. The first-order chi connectivity index (χ1) is 2.00. The molecular formula is C6H16Y. The van der Waals surface area contributed by atoms with Crippen LogP contribution in [0.25, 0.3) is 0 Å². The second-order valence-electron chi connectivity index (χ2n) is 0. The maximum Gasteiger partial charge on any atom is 0 e. The SMILES string of the molecule is C.C.C=C.C=C.[Y]. The molecule has 0 aliphatic heterocycles. The van der Waals surface area contributed by atoms with Gasteiger partial charge in [-0.25, -0.2) is 0 Å². The molecule has 0 bridgehead atoms. The minimum Gasteiger partial charge on any atom is -0.106 e. The molecule has 0 aromatic heterocycles. The zero-order chi connectivity index (χ0) is 4.00. The number of rotatable bonds is 0. The van der Waals surface area contributed by atoms with Gasteiger partial charge in [-0.2, -0.15) is 0 Å². The Labute approximate surface area is 73.6 Å². The van der Waals surface area contributed by atoms with Crippen LogP contribution in [0.15, 0.2) is 26.3 Å². The van der Waals surface area contributed by atoms with Crippen LogP contribution >= 0.6 is 0 Å². The van der Waals surface area contributed by atoms with Gasteiger partial charge in [0.05, 0.1) is 0 Å². The number of hydrogen-bond acceptors (Lipinski definition) is 0. The summed E-state index contributed by atoms with van der Waals surface area (Å²) in [6.07, 6.45) is 0. The van der Waals surface area contributed by atoms with Gasteiger partial charge < -0.3 is 0 Å². The average Bonchev–Trinajstić information content (AvgIpc) is 1.50. The van der Waals surface area contributed by atoms with Crippen molar-refractivity contribution in [1.82, 2.24) is 0 Å². The summed E-state index contributed by atoms with van der Waals surface area (Å²) in [5, 5.41) is 0.